The highest BCUT2D eigenvalue weighted by atomic mass is 16.7. The molecular weight excluding hydrogens is 408 g/mol. The number of methoxy groups -OCH3 is 2. The van der Waals surface area contributed by atoms with Crippen LogP contribution in [0.2, 0.25) is 0 Å². The lowest BCUT2D eigenvalue weighted by atomic mass is 9.93. The molecule has 1 aliphatic rings. The molecule has 4 aromatic rings. The van der Waals surface area contributed by atoms with Crippen LogP contribution in [0.15, 0.2) is 66.7 Å². The molecular formula is C25H20N2O5. The van der Waals surface area contributed by atoms with E-state index in [-0.39, 0.29) is 0 Å². The lowest BCUT2D eigenvalue weighted by molar-refractivity contribution is -0.187. The fraction of sp³-hybridized carbons (Fsp3) is 0.160. The van der Waals surface area contributed by atoms with Crippen LogP contribution in [0.5, 0.6) is 17.2 Å². The van der Waals surface area contributed by atoms with Crippen molar-refractivity contribution < 1.29 is 23.7 Å². The first-order valence-electron chi connectivity index (χ1n) is 10.0. The van der Waals surface area contributed by atoms with E-state index in [0.29, 0.717) is 39.7 Å². The Morgan fingerprint density at radius 3 is 2.19 bits per heavy atom. The summed E-state index contributed by atoms with van der Waals surface area (Å²) >= 11 is 0. The van der Waals surface area contributed by atoms with Crippen LogP contribution in [0.3, 0.4) is 0 Å². The number of fused-ring (bicyclic) bond motifs is 4. The molecule has 1 atom stereocenters. The molecule has 0 bridgehead atoms. The van der Waals surface area contributed by atoms with E-state index in [1.165, 1.54) is 6.92 Å². The number of benzene rings is 3. The molecule has 0 radical (unpaired) electrons. The van der Waals surface area contributed by atoms with Crippen molar-refractivity contribution in [1.82, 2.24) is 9.97 Å². The minimum atomic E-state index is -1.64. The van der Waals surface area contributed by atoms with Crippen LogP contribution < -0.4 is 14.2 Å². The molecule has 0 N–H and O–H groups in total. The molecule has 0 fully saturated rings. The standard InChI is InChI=1S/C25H20N2O5/c1-15(28)31-25(16-8-10-17(29-2)11-9-16)24-23(26-20-6-4-5-7-21(20)27-24)19-13-12-18(30-3)14-22(19)32-25/h4-14H,1-3H3. The Kier molecular flexibility index (Phi) is 4.66. The minimum Gasteiger partial charge on any atom is -0.497 e. The molecule has 1 aliphatic heterocycles. The highest BCUT2D eigenvalue weighted by Gasteiger charge is 2.49. The van der Waals surface area contributed by atoms with Crippen molar-refractivity contribution in [3.8, 4) is 28.5 Å². The number of hydrogen-bond acceptors (Lipinski definition) is 7. The Morgan fingerprint density at radius 2 is 1.53 bits per heavy atom. The first-order valence-corrected chi connectivity index (χ1v) is 10.0. The SMILES string of the molecule is COc1ccc(C2(OC(C)=O)Oc3cc(OC)ccc3-c3nc4ccccc4nc32)cc1. The third-order valence-electron chi connectivity index (χ3n) is 5.34. The third-order valence-corrected chi connectivity index (χ3v) is 5.34. The van der Waals surface area contributed by atoms with Crippen molar-refractivity contribution in [2.24, 2.45) is 0 Å². The number of aromatic nitrogens is 2. The molecule has 5 rings (SSSR count). The second kappa shape index (κ2) is 7.53. The lowest BCUT2D eigenvalue weighted by Gasteiger charge is -2.38. The lowest BCUT2D eigenvalue weighted by Crippen LogP contribution is -2.42. The van der Waals surface area contributed by atoms with E-state index in [2.05, 4.69) is 0 Å². The van der Waals surface area contributed by atoms with E-state index in [4.69, 9.17) is 28.9 Å². The van der Waals surface area contributed by atoms with Gasteiger partial charge in [-0.2, -0.15) is 0 Å². The smallest absolute Gasteiger partial charge is 0.327 e. The van der Waals surface area contributed by atoms with E-state index in [1.54, 1.807) is 44.6 Å². The van der Waals surface area contributed by atoms with Gasteiger partial charge >= 0.3 is 11.8 Å². The summed E-state index contributed by atoms with van der Waals surface area (Å²) < 4.78 is 23.0. The monoisotopic (exact) mass is 428 g/mol. The molecule has 0 saturated carbocycles. The van der Waals surface area contributed by atoms with Gasteiger partial charge in [0.1, 0.15) is 22.9 Å². The fourth-order valence-corrected chi connectivity index (χ4v) is 3.87. The van der Waals surface area contributed by atoms with Crippen molar-refractivity contribution in [2.45, 2.75) is 12.7 Å². The van der Waals surface area contributed by atoms with Gasteiger partial charge in [-0.15, -0.1) is 0 Å². The zero-order valence-corrected chi connectivity index (χ0v) is 17.8. The van der Waals surface area contributed by atoms with Gasteiger partial charge in [-0.25, -0.2) is 9.97 Å². The van der Waals surface area contributed by atoms with E-state index >= 15 is 0 Å². The van der Waals surface area contributed by atoms with Crippen LogP contribution in [-0.4, -0.2) is 30.2 Å². The van der Waals surface area contributed by atoms with Gasteiger partial charge in [0.15, 0.2) is 5.69 Å². The third kappa shape index (κ3) is 3.10. The summed E-state index contributed by atoms with van der Waals surface area (Å²) in [5, 5.41) is 0. The average Bonchev–Trinajstić information content (AvgIpc) is 2.82. The van der Waals surface area contributed by atoms with E-state index < -0.39 is 11.8 Å². The molecule has 0 amide bonds. The second-order valence-electron chi connectivity index (χ2n) is 7.31. The number of rotatable bonds is 4. The van der Waals surface area contributed by atoms with E-state index in [9.17, 15) is 4.79 Å². The van der Waals surface area contributed by atoms with Crippen molar-refractivity contribution in [1.29, 1.82) is 0 Å². The second-order valence-corrected chi connectivity index (χ2v) is 7.31. The molecule has 0 spiro atoms. The summed E-state index contributed by atoms with van der Waals surface area (Å²) in [4.78, 5) is 22.1. The fourth-order valence-electron chi connectivity index (χ4n) is 3.87. The summed E-state index contributed by atoms with van der Waals surface area (Å²) in [6, 6.07) is 20.1. The Balaban J connectivity index is 1.85. The van der Waals surface area contributed by atoms with Crippen LogP contribution in [-0.2, 0) is 15.3 Å². The van der Waals surface area contributed by atoms with Gasteiger partial charge in [-0.3, -0.25) is 4.79 Å². The predicted molar refractivity (Wildman–Crippen MR) is 118 cm³/mol. The van der Waals surface area contributed by atoms with E-state index in [1.807, 2.05) is 36.4 Å². The summed E-state index contributed by atoms with van der Waals surface area (Å²) in [6.45, 7) is 1.34. The van der Waals surface area contributed by atoms with Crippen LogP contribution >= 0.6 is 0 Å². The van der Waals surface area contributed by atoms with Gasteiger partial charge in [-0.05, 0) is 48.5 Å². The highest BCUT2D eigenvalue weighted by Crippen LogP contribution is 2.49. The van der Waals surface area contributed by atoms with Gasteiger partial charge in [-0.1, -0.05) is 12.1 Å². The first kappa shape index (κ1) is 19.8. The van der Waals surface area contributed by atoms with E-state index in [0.717, 1.165) is 11.1 Å². The Hall–Kier alpha value is -4.13. The zero-order chi connectivity index (χ0) is 22.3. The number of esters is 1. The number of hydrogen-bond donors (Lipinski definition) is 0. The van der Waals surface area contributed by atoms with Crippen molar-refractivity contribution >= 4 is 17.0 Å². The molecule has 0 aliphatic carbocycles. The number of carbonyl (C=O) groups is 1. The van der Waals surface area contributed by atoms with Gasteiger partial charge in [0, 0.05) is 24.1 Å². The number of ether oxygens (including phenoxy) is 4. The molecule has 7 heteroatoms. The Labute approximate surface area is 184 Å². The van der Waals surface area contributed by atoms with Crippen LogP contribution in [0.25, 0.3) is 22.3 Å². The molecule has 2 heterocycles. The molecule has 32 heavy (non-hydrogen) atoms. The first-order chi connectivity index (χ1) is 15.5. The van der Waals surface area contributed by atoms with Crippen LogP contribution in [0.4, 0.5) is 0 Å². The van der Waals surface area contributed by atoms with Crippen LogP contribution in [0.1, 0.15) is 18.2 Å². The number of nitrogens with zero attached hydrogens (tertiary/aromatic N) is 2. The van der Waals surface area contributed by atoms with Crippen molar-refractivity contribution in [3.63, 3.8) is 0 Å². The normalized spacial score (nSPS) is 16.5. The van der Waals surface area contributed by atoms with Gasteiger partial charge in [0.25, 0.3) is 0 Å². The molecule has 7 nitrogen and oxygen atoms in total. The summed E-state index contributed by atoms with van der Waals surface area (Å²) in [6.07, 6.45) is 0. The Bertz CT molecular complexity index is 1340. The largest absolute Gasteiger partial charge is 0.497 e. The topological polar surface area (TPSA) is 79.8 Å². The van der Waals surface area contributed by atoms with Gasteiger partial charge in [0.2, 0.25) is 0 Å². The van der Waals surface area contributed by atoms with Gasteiger partial charge < -0.3 is 18.9 Å². The van der Waals surface area contributed by atoms with Crippen LogP contribution in [0, 0.1) is 0 Å². The Morgan fingerprint density at radius 1 is 0.875 bits per heavy atom. The number of para-hydroxylation sites is 2. The maximum atomic E-state index is 12.3. The molecule has 1 aromatic heterocycles. The summed E-state index contributed by atoms with van der Waals surface area (Å²) in [5.74, 6) is -0.419. The molecule has 1 unspecified atom stereocenters. The maximum absolute atomic E-state index is 12.3. The average molecular weight is 428 g/mol. The molecule has 160 valence electrons. The van der Waals surface area contributed by atoms with Gasteiger partial charge in [0.05, 0.1) is 25.3 Å². The zero-order valence-electron chi connectivity index (χ0n) is 17.8. The predicted octanol–water partition coefficient (Wildman–Crippen LogP) is 4.47. The minimum absolute atomic E-state index is 0.397. The number of carbonyl (C=O) groups excluding carboxylic acids is 1. The molecule has 0 saturated heterocycles. The molecule has 3 aromatic carbocycles. The quantitative estimate of drug-likeness (QED) is 0.444. The van der Waals surface area contributed by atoms with Crippen molar-refractivity contribution in [2.75, 3.05) is 14.2 Å². The maximum Gasteiger partial charge on any atom is 0.327 e. The summed E-state index contributed by atoms with van der Waals surface area (Å²) in [7, 11) is 3.16. The summed E-state index contributed by atoms with van der Waals surface area (Å²) in [5.41, 5.74) is 3.67. The van der Waals surface area contributed by atoms with Crippen molar-refractivity contribution in [3.05, 3.63) is 78.0 Å². The highest BCUT2D eigenvalue weighted by molar-refractivity contribution is 5.83.